The molecule has 0 fully saturated rings. The molecule has 1 aliphatic heterocycles. The Morgan fingerprint density at radius 2 is 1.94 bits per heavy atom. The monoisotopic (exact) mass is 511 g/mol. The van der Waals surface area contributed by atoms with Gasteiger partial charge in [-0.1, -0.05) is 35.3 Å². The number of nitrogens with one attached hydrogen (secondary N) is 1. The van der Waals surface area contributed by atoms with Crippen LogP contribution in [-0.4, -0.2) is 51.2 Å². The van der Waals surface area contributed by atoms with Gasteiger partial charge in [0.05, 0.1) is 27.7 Å². The third kappa shape index (κ3) is 4.68. The molecular weight excluding hydrogens is 489 g/mol. The second-order valence-electron chi connectivity index (χ2n) is 8.24. The first-order valence-corrected chi connectivity index (χ1v) is 11.8. The lowest BCUT2D eigenvalue weighted by molar-refractivity contribution is 0.141. The van der Waals surface area contributed by atoms with E-state index in [0.717, 1.165) is 38.3 Å². The summed E-state index contributed by atoms with van der Waals surface area (Å²) in [6.07, 6.45) is 2.48. The van der Waals surface area contributed by atoms with Crippen molar-refractivity contribution in [3.05, 3.63) is 74.3 Å². The van der Waals surface area contributed by atoms with Gasteiger partial charge in [0, 0.05) is 38.6 Å². The van der Waals surface area contributed by atoms with E-state index in [1.165, 1.54) is 21.9 Å². The average molecular weight is 512 g/mol. The number of ether oxygens (including phenoxy) is 1. The van der Waals surface area contributed by atoms with Gasteiger partial charge in [-0.05, 0) is 41.8 Å². The molecule has 180 valence electrons. The van der Waals surface area contributed by atoms with Crippen LogP contribution in [0.5, 0.6) is 0 Å². The summed E-state index contributed by atoms with van der Waals surface area (Å²) in [5.74, 6) is 0.420. The Hall–Kier alpha value is -3.24. The van der Waals surface area contributed by atoms with Crippen LogP contribution in [0.25, 0.3) is 16.7 Å². The number of nitrogen functional groups attached to an aromatic ring is 1. The number of hydrogen-bond donors (Lipinski definition) is 2. The zero-order valence-electron chi connectivity index (χ0n) is 19.0. The van der Waals surface area contributed by atoms with E-state index in [4.69, 9.17) is 33.7 Å². The minimum atomic E-state index is -0.638. The maximum Gasteiger partial charge on any atom is 0.355 e. The van der Waals surface area contributed by atoms with Crippen LogP contribution < -0.4 is 16.7 Å². The van der Waals surface area contributed by atoms with E-state index < -0.39 is 5.69 Å². The Kier molecular flexibility index (Phi) is 6.57. The third-order valence-electron chi connectivity index (χ3n) is 6.00. The number of aromatic nitrogens is 4. The van der Waals surface area contributed by atoms with Crippen molar-refractivity contribution in [1.29, 1.82) is 0 Å². The molecule has 3 heterocycles. The zero-order chi connectivity index (χ0) is 24.5. The highest BCUT2D eigenvalue weighted by Crippen LogP contribution is 2.31. The van der Waals surface area contributed by atoms with Crippen molar-refractivity contribution in [3.63, 3.8) is 0 Å². The van der Waals surface area contributed by atoms with Crippen LogP contribution in [0.3, 0.4) is 0 Å². The van der Waals surface area contributed by atoms with Crippen molar-refractivity contribution in [2.45, 2.75) is 13.0 Å². The summed E-state index contributed by atoms with van der Waals surface area (Å²) in [7, 11) is 1.72. The number of nitrogens with two attached hydrogens (primary N) is 1. The van der Waals surface area contributed by atoms with Gasteiger partial charge in [-0.2, -0.15) is 9.97 Å². The highest BCUT2D eigenvalue weighted by atomic mass is 35.5. The normalized spacial score (nSPS) is 13.7. The molecule has 0 bridgehead atoms. The minimum absolute atomic E-state index is 0.105. The molecule has 9 nitrogen and oxygen atoms in total. The Labute approximate surface area is 211 Å². The lowest BCUT2D eigenvalue weighted by Crippen LogP contribution is -2.33. The fourth-order valence-electron chi connectivity index (χ4n) is 4.21. The third-order valence-corrected chi connectivity index (χ3v) is 6.61. The zero-order valence-corrected chi connectivity index (χ0v) is 20.5. The van der Waals surface area contributed by atoms with E-state index in [2.05, 4.69) is 37.3 Å². The molecule has 0 amide bonds. The van der Waals surface area contributed by atoms with Crippen molar-refractivity contribution < 1.29 is 4.74 Å². The number of hydrogen-bond acceptors (Lipinski definition) is 8. The second kappa shape index (κ2) is 9.79. The summed E-state index contributed by atoms with van der Waals surface area (Å²) in [4.78, 5) is 28.1. The molecule has 2 aromatic heterocycles. The molecule has 1 aliphatic rings. The first kappa shape index (κ1) is 23.5. The van der Waals surface area contributed by atoms with Crippen molar-refractivity contribution >= 4 is 51.7 Å². The highest BCUT2D eigenvalue weighted by molar-refractivity contribution is 6.37. The number of para-hydroxylation sites is 1. The first-order valence-electron chi connectivity index (χ1n) is 11.0. The summed E-state index contributed by atoms with van der Waals surface area (Å²) in [6, 6.07) is 11.1. The van der Waals surface area contributed by atoms with Gasteiger partial charge in [-0.15, -0.1) is 0 Å². The minimum Gasteiger partial charge on any atom is -0.384 e. The quantitative estimate of drug-likeness (QED) is 0.401. The Bertz CT molecular complexity index is 1450. The summed E-state index contributed by atoms with van der Waals surface area (Å²) in [5, 5.41) is 4.17. The van der Waals surface area contributed by atoms with Gasteiger partial charge in [0.1, 0.15) is 5.82 Å². The van der Waals surface area contributed by atoms with Crippen LogP contribution >= 0.6 is 23.2 Å². The molecule has 0 saturated heterocycles. The van der Waals surface area contributed by atoms with Crippen LogP contribution in [0, 0.1) is 0 Å². The molecule has 0 unspecified atom stereocenters. The van der Waals surface area contributed by atoms with E-state index in [0.29, 0.717) is 11.3 Å². The molecule has 35 heavy (non-hydrogen) atoms. The molecule has 0 spiro atoms. The number of fused-ring (bicyclic) bond motifs is 2. The summed E-state index contributed by atoms with van der Waals surface area (Å²) < 4.78 is 6.36. The summed E-state index contributed by atoms with van der Waals surface area (Å²) >= 11 is 12.6. The van der Waals surface area contributed by atoms with Crippen LogP contribution in [0.4, 0.5) is 17.5 Å². The van der Waals surface area contributed by atoms with E-state index >= 15 is 0 Å². The Morgan fingerprint density at radius 3 is 2.71 bits per heavy atom. The van der Waals surface area contributed by atoms with Crippen LogP contribution in [0.15, 0.2) is 47.4 Å². The number of nitrogens with zero attached hydrogens (tertiary/aromatic N) is 5. The Morgan fingerprint density at radius 1 is 1.14 bits per heavy atom. The summed E-state index contributed by atoms with van der Waals surface area (Å²) in [5.41, 5.74) is 9.55. The molecule has 2 aromatic carbocycles. The Balaban J connectivity index is 1.43. The molecule has 5 rings (SSSR count). The second-order valence-corrected chi connectivity index (χ2v) is 9.06. The lowest BCUT2D eigenvalue weighted by Gasteiger charge is -2.28. The lowest BCUT2D eigenvalue weighted by atomic mass is 9.99. The van der Waals surface area contributed by atoms with Crippen LogP contribution in [0.1, 0.15) is 11.1 Å². The van der Waals surface area contributed by atoms with E-state index in [1.807, 2.05) is 6.07 Å². The first-order chi connectivity index (χ1) is 16.9. The summed E-state index contributed by atoms with van der Waals surface area (Å²) in [6.45, 7) is 3.53. The molecule has 11 heteroatoms. The highest BCUT2D eigenvalue weighted by Gasteiger charge is 2.19. The number of rotatable bonds is 6. The number of anilines is 3. The molecule has 3 N–H and O–H groups in total. The standard InChI is InChI=1S/C24H23Cl2N7O2/c1-35-10-9-32-8-7-14-11-16(6-5-15(14)13-32)29-23-28-12-17-21(27)33(24(34)31-22(17)30-23)20-18(25)3-2-4-19(20)26/h2-6,11-12H,7-10,13,27H2,1H3,(H,29,30,31,34). The molecular formula is C24H23Cl2N7O2. The van der Waals surface area contributed by atoms with Crippen molar-refractivity contribution in [3.8, 4) is 5.69 Å². The fourth-order valence-corrected chi connectivity index (χ4v) is 4.78. The topological polar surface area (TPSA) is 111 Å². The van der Waals surface area contributed by atoms with Crippen LogP contribution in [-0.2, 0) is 17.7 Å². The van der Waals surface area contributed by atoms with Gasteiger partial charge in [0.2, 0.25) is 5.95 Å². The number of halogens is 2. The van der Waals surface area contributed by atoms with Gasteiger partial charge in [-0.3, -0.25) is 4.90 Å². The molecule has 0 atom stereocenters. The maximum atomic E-state index is 12.8. The van der Waals surface area contributed by atoms with Crippen molar-refractivity contribution in [2.24, 2.45) is 0 Å². The van der Waals surface area contributed by atoms with Gasteiger partial charge in [0.25, 0.3) is 0 Å². The van der Waals surface area contributed by atoms with Gasteiger partial charge < -0.3 is 15.8 Å². The molecule has 0 radical (unpaired) electrons. The average Bonchev–Trinajstić information content (AvgIpc) is 2.84. The maximum absolute atomic E-state index is 12.8. The SMILES string of the molecule is COCCN1CCc2cc(Nc3ncc4c(N)n(-c5c(Cl)cccc5Cl)c(=O)nc4n3)ccc2C1. The van der Waals surface area contributed by atoms with Gasteiger partial charge in [0.15, 0.2) is 5.65 Å². The van der Waals surface area contributed by atoms with Gasteiger partial charge >= 0.3 is 5.69 Å². The van der Waals surface area contributed by atoms with Gasteiger partial charge in [-0.25, -0.2) is 14.3 Å². The van der Waals surface area contributed by atoms with Crippen molar-refractivity contribution in [2.75, 3.05) is 37.9 Å². The van der Waals surface area contributed by atoms with E-state index in [9.17, 15) is 4.79 Å². The number of benzene rings is 2. The largest absolute Gasteiger partial charge is 0.384 e. The smallest absolute Gasteiger partial charge is 0.355 e. The van der Waals surface area contributed by atoms with Crippen LogP contribution in [0.2, 0.25) is 10.0 Å². The van der Waals surface area contributed by atoms with Crippen molar-refractivity contribution in [1.82, 2.24) is 24.4 Å². The number of methoxy groups -OCH3 is 1. The van der Waals surface area contributed by atoms with E-state index in [-0.39, 0.29) is 27.2 Å². The molecule has 4 aromatic rings. The predicted molar refractivity (Wildman–Crippen MR) is 138 cm³/mol. The predicted octanol–water partition coefficient (Wildman–Crippen LogP) is 3.81. The fraction of sp³-hybridized carbons (Fsp3) is 0.250. The molecule has 0 saturated carbocycles. The molecule has 0 aliphatic carbocycles. The van der Waals surface area contributed by atoms with E-state index in [1.54, 1.807) is 25.3 Å².